The van der Waals surface area contributed by atoms with Crippen molar-refractivity contribution >= 4 is 16.9 Å². The van der Waals surface area contributed by atoms with Crippen LogP contribution in [0.25, 0.3) is 22.4 Å². The van der Waals surface area contributed by atoms with Crippen LogP contribution in [0.1, 0.15) is 16.4 Å². The lowest BCUT2D eigenvalue weighted by Crippen LogP contribution is -2.09. The number of carbonyl (C=O) groups excluding carboxylic acids is 1. The molecule has 134 valence electrons. The quantitative estimate of drug-likeness (QED) is 0.493. The zero-order valence-corrected chi connectivity index (χ0v) is 14.2. The first-order valence-electron chi connectivity index (χ1n) is 7.95. The standard InChI is InChI=1S/C18H13N5O4/c1-25-18(24)15-16(14-11(9-21-15)5-4-8-20-14)26-10-13-22-17(23-27-13)12-6-2-3-7-19-12/h2-9H,10H2,1H3. The molecule has 4 aromatic rings. The summed E-state index contributed by atoms with van der Waals surface area (Å²) in [6.07, 6.45) is 4.77. The van der Waals surface area contributed by atoms with Gasteiger partial charge in [-0.15, -0.1) is 0 Å². The minimum atomic E-state index is -0.628. The van der Waals surface area contributed by atoms with Crippen molar-refractivity contribution in [1.82, 2.24) is 25.1 Å². The third-order valence-electron chi connectivity index (χ3n) is 3.68. The molecule has 0 aliphatic rings. The highest BCUT2D eigenvalue weighted by molar-refractivity contribution is 5.97. The fraction of sp³-hybridized carbons (Fsp3) is 0.111. The molecule has 4 rings (SSSR count). The average Bonchev–Trinajstić information content (AvgIpc) is 3.21. The molecule has 4 heterocycles. The molecule has 0 aromatic carbocycles. The maximum absolute atomic E-state index is 12.0. The van der Waals surface area contributed by atoms with E-state index in [0.717, 1.165) is 5.39 Å². The van der Waals surface area contributed by atoms with Crippen LogP contribution in [0.2, 0.25) is 0 Å². The molecule has 0 N–H and O–H groups in total. The average molecular weight is 363 g/mol. The molecule has 0 atom stereocenters. The Labute approximate surface area is 153 Å². The lowest BCUT2D eigenvalue weighted by atomic mass is 10.2. The van der Waals surface area contributed by atoms with Crippen molar-refractivity contribution in [2.24, 2.45) is 0 Å². The minimum Gasteiger partial charge on any atom is -0.479 e. The number of nitrogens with zero attached hydrogens (tertiary/aromatic N) is 5. The molecule has 27 heavy (non-hydrogen) atoms. The number of pyridine rings is 3. The molecule has 0 amide bonds. The summed E-state index contributed by atoms with van der Waals surface area (Å²) in [5.41, 5.74) is 1.08. The summed E-state index contributed by atoms with van der Waals surface area (Å²) in [5, 5.41) is 4.61. The van der Waals surface area contributed by atoms with Crippen LogP contribution < -0.4 is 4.74 Å². The summed E-state index contributed by atoms with van der Waals surface area (Å²) in [6.45, 7) is -0.0683. The van der Waals surface area contributed by atoms with Crippen LogP contribution in [0, 0.1) is 0 Å². The molecule has 0 spiro atoms. The largest absolute Gasteiger partial charge is 0.479 e. The predicted octanol–water partition coefficient (Wildman–Crippen LogP) is 2.44. The van der Waals surface area contributed by atoms with Crippen molar-refractivity contribution in [2.45, 2.75) is 6.61 Å². The topological polar surface area (TPSA) is 113 Å². The minimum absolute atomic E-state index is 0.0214. The highest BCUT2D eigenvalue weighted by Crippen LogP contribution is 2.27. The lowest BCUT2D eigenvalue weighted by molar-refractivity contribution is 0.0588. The molecule has 0 unspecified atom stereocenters. The first-order chi connectivity index (χ1) is 13.3. The lowest BCUT2D eigenvalue weighted by Gasteiger charge is -2.10. The first-order valence-corrected chi connectivity index (χ1v) is 7.95. The summed E-state index contributed by atoms with van der Waals surface area (Å²) in [7, 11) is 1.27. The zero-order valence-electron chi connectivity index (χ0n) is 14.2. The Balaban J connectivity index is 1.64. The number of esters is 1. The van der Waals surface area contributed by atoms with Gasteiger partial charge in [-0.1, -0.05) is 11.2 Å². The Morgan fingerprint density at radius 2 is 2.00 bits per heavy atom. The Kier molecular flexibility index (Phi) is 4.40. The van der Waals surface area contributed by atoms with Gasteiger partial charge in [0.05, 0.1) is 7.11 Å². The van der Waals surface area contributed by atoms with E-state index in [0.29, 0.717) is 17.0 Å². The first kappa shape index (κ1) is 16.6. The van der Waals surface area contributed by atoms with Crippen molar-refractivity contribution in [3.63, 3.8) is 0 Å². The van der Waals surface area contributed by atoms with Gasteiger partial charge < -0.3 is 14.0 Å². The summed E-state index contributed by atoms with van der Waals surface area (Å²) in [4.78, 5) is 28.8. The highest BCUT2D eigenvalue weighted by atomic mass is 16.5. The third-order valence-corrected chi connectivity index (χ3v) is 3.68. The summed E-state index contributed by atoms with van der Waals surface area (Å²) >= 11 is 0. The van der Waals surface area contributed by atoms with Crippen molar-refractivity contribution in [3.8, 4) is 17.3 Å². The van der Waals surface area contributed by atoms with Gasteiger partial charge in [-0.25, -0.2) is 9.78 Å². The van der Waals surface area contributed by atoms with Gasteiger partial charge in [0.15, 0.2) is 18.1 Å². The molecule has 0 aliphatic carbocycles. The fourth-order valence-electron chi connectivity index (χ4n) is 2.44. The van der Waals surface area contributed by atoms with Crippen LogP contribution in [0.4, 0.5) is 0 Å². The van der Waals surface area contributed by atoms with Gasteiger partial charge in [0.1, 0.15) is 11.2 Å². The molecule has 9 heteroatoms. The van der Waals surface area contributed by atoms with Gasteiger partial charge in [0, 0.05) is 24.0 Å². The van der Waals surface area contributed by atoms with Crippen LogP contribution in [0.15, 0.2) is 53.4 Å². The van der Waals surface area contributed by atoms with Crippen molar-refractivity contribution in [3.05, 3.63) is 60.5 Å². The number of rotatable bonds is 5. The maximum Gasteiger partial charge on any atom is 0.360 e. The summed E-state index contributed by atoms with van der Waals surface area (Å²) in [6, 6.07) is 8.97. The van der Waals surface area contributed by atoms with E-state index in [9.17, 15) is 4.79 Å². The Hall–Kier alpha value is -3.88. The van der Waals surface area contributed by atoms with E-state index in [1.807, 2.05) is 12.1 Å². The Morgan fingerprint density at radius 3 is 2.81 bits per heavy atom. The second kappa shape index (κ2) is 7.16. The van der Waals surface area contributed by atoms with E-state index in [1.54, 1.807) is 30.6 Å². The van der Waals surface area contributed by atoms with E-state index in [2.05, 4.69) is 25.1 Å². The summed E-state index contributed by atoms with van der Waals surface area (Å²) in [5.74, 6) is 0.130. The molecule has 9 nitrogen and oxygen atoms in total. The third kappa shape index (κ3) is 3.30. The molecule has 0 bridgehead atoms. The number of methoxy groups -OCH3 is 1. The number of hydrogen-bond donors (Lipinski definition) is 0. The predicted molar refractivity (Wildman–Crippen MR) is 92.7 cm³/mol. The van der Waals surface area contributed by atoms with Crippen molar-refractivity contribution in [1.29, 1.82) is 0 Å². The number of hydrogen-bond acceptors (Lipinski definition) is 9. The maximum atomic E-state index is 12.0. The Morgan fingerprint density at radius 1 is 1.11 bits per heavy atom. The molecular weight excluding hydrogens is 350 g/mol. The van der Waals surface area contributed by atoms with Crippen LogP contribution in [-0.4, -0.2) is 38.2 Å². The van der Waals surface area contributed by atoms with E-state index in [1.165, 1.54) is 13.3 Å². The van der Waals surface area contributed by atoms with E-state index >= 15 is 0 Å². The second-order valence-corrected chi connectivity index (χ2v) is 5.38. The Bertz CT molecular complexity index is 1100. The summed E-state index contributed by atoms with van der Waals surface area (Å²) < 4.78 is 15.7. The van der Waals surface area contributed by atoms with Crippen LogP contribution in [-0.2, 0) is 11.3 Å². The SMILES string of the molecule is COC(=O)c1ncc2cccnc2c1OCc1nc(-c2ccccn2)no1. The van der Waals surface area contributed by atoms with Crippen LogP contribution in [0.5, 0.6) is 5.75 Å². The van der Waals surface area contributed by atoms with E-state index < -0.39 is 5.97 Å². The van der Waals surface area contributed by atoms with Gasteiger partial charge >= 0.3 is 5.97 Å². The molecule has 4 aromatic heterocycles. The van der Waals surface area contributed by atoms with Gasteiger partial charge in [-0.3, -0.25) is 9.97 Å². The van der Waals surface area contributed by atoms with Crippen molar-refractivity contribution < 1.29 is 18.8 Å². The number of ether oxygens (including phenoxy) is 2. The molecule has 0 fully saturated rings. The molecule has 0 aliphatic heterocycles. The second-order valence-electron chi connectivity index (χ2n) is 5.38. The van der Waals surface area contributed by atoms with Gasteiger partial charge in [0.2, 0.25) is 5.82 Å². The normalized spacial score (nSPS) is 10.7. The number of carbonyl (C=O) groups is 1. The monoisotopic (exact) mass is 363 g/mol. The molecule has 0 saturated carbocycles. The molecule has 0 saturated heterocycles. The van der Waals surface area contributed by atoms with Crippen LogP contribution in [0.3, 0.4) is 0 Å². The molecular formula is C18H13N5O4. The van der Waals surface area contributed by atoms with E-state index in [4.69, 9.17) is 14.0 Å². The zero-order chi connectivity index (χ0) is 18.6. The van der Waals surface area contributed by atoms with Crippen molar-refractivity contribution in [2.75, 3.05) is 7.11 Å². The number of fused-ring (bicyclic) bond motifs is 1. The molecule has 0 radical (unpaired) electrons. The van der Waals surface area contributed by atoms with E-state index in [-0.39, 0.29) is 23.9 Å². The highest BCUT2D eigenvalue weighted by Gasteiger charge is 2.20. The van der Waals surface area contributed by atoms with Gasteiger partial charge in [0.25, 0.3) is 5.89 Å². The fourth-order valence-corrected chi connectivity index (χ4v) is 2.44. The smallest absolute Gasteiger partial charge is 0.360 e. The van der Waals surface area contributed by atoms with Gasteiger partial charge in [-0.05, 0) is 24.3 Å². The van der Waals surface area contributed by atoms with Gasteiger partial charge in [-0.2, -0.15) is 4.98 Å². The van der Waals surface area contributed by atoms with Crippen LogP contribution >= 0.6 is 0 Å². The number of aromatic nitrogens is 5.